The van der Waals surface area contributed by atoms with Crippen LogP contribution in [0.25, 0.3) is 0 Å². The molecule has 32 heavy (non-hydrogen) atoms. The van der Waals surface area contributed by atoms with Gasteiger partial charge >= 0.3 is 13.7 Å². The molecule has 1 unspecified atom stereocenters. The van der Waals surface area contributed by atoms with Crippen LogP contribution >= 0.6 is 19.4 Å². The summed E-state index contributed by atoms with van der Waals surface area (Å²) in [5, 5.41) is 11.8. The molecule has 0 spiro atoms. The fourth-order valence-corrected chi connectivity index (χ4v) is 6.79. The van der Waals surface area contributed by atoms with Crippen LogP contribution in [0.3, 0.4) is 0 Å². The maximum Gasteiger partial charge on any atom is 0.404 e. The first kappa shape index (κ1) is 27.2. The van der Waals surface area contributed by atoms with E-state index in [0.29, 0.717) is 12.0 Å². The Hall–Kier alpha value is -1.09. The van der Waals surface area contributed by atoms with Gasteiger partial charge in [-0.2, -0.15) is 0 Å². The summed E-state index contributed by atoms with van der Waals surface area (Å²) in [5.74, 6) is 0.693. The number of piperazine rings is 1. The van der Waals surface area contributed by atoms with Crippen LogP contribution < -0.4 is 5.32 Å². The first-order chi connectivity index (χ1) is 15.1. The van der Waals surface area contributed by atoms with E-state index in [1.807, 2.05) is 58.0 Å². The minimum Gasteiger partial charge on any atom is -0.465 e. The molecule has 2 rings (SSSR count). The number of hydrogen-bond donors (Lipinski definition) is 2. The van der Waals surface area contributed by atoms with Gasteiger partial charge in [0.2, 0.25) is 0 Å². The van der Waals surface area contributed by atoms with Crippen LogP contribution in [0.15, 0.2) is 35.2 Å². The van der Waals surface area contributed by atoms with E-state index in [4.69, 9.17) is 9.05 Å². The molecule has 1 saturated heterocycles. The molecule has 1 fully saturated rings. The Labute approximate surface area is 196 Å². The van der Waals surface area contributed by atoms with Gasteiger partial charge in [0.1, 0.15) is 6.29 Å². The summed E-state index contributed by atoms with van der Waals surface area (Å²) >= 11 is 1.66. The van der Waals surface area contributed by atoms with Crippen LogP contribution in [0, 0.1) is 0 Å². The zero-order valence-corrected chi connectivity index (χ0v) is 21.3. The van der Waals surface area contributed by atoms with Crippen molar-refractivity contribution in [1.29, 1.82) is 0 Å². The number of carbonyl (C=O) groups is 1. The Morgan fingerprint density at radius 3 is 2.16 bits per heavy atom. The topological polar surface area (TPSA) is 91.3 Å². The van der Waals surface area contributed by atoms with Crippen molar-refractivity contribution in [2.45, 2.75) is 57.3 Å². The maximum atomic E-state index is 13.1. The van der Waals surface area contributed by atoms with Crippen molar-refractivity contribution < 1.29 is 23.5 Å². The van der Waals surface area contributed by atoms with Crippen LogP contribution in [0.5, 0.6) is 0 Å². The van der Waals surface area contributed by atoms with Gasteiger partial charge in [-0.3, -0.25) is 9.46 Å². The quantitative estimate of drug-likeness (QED) is 0.312. The van der Waals surface area contributed by atoms with E-state index in [-0.39, 0.29) is 18.2 Å². The van der Waals surface area contributed by atoms with Crippen molar-refractivity contribution in [3.05, 3.63) is 30.3 Å². The lowest BCUT2D eigenvalue weighted by atomic mass is 10.2. The van der Waals surface area contributed by atoms with E-state index in [1.54, 1.807) is 11.8 Å². The Bertz CT molecular complexity index is 716. The second-order valence-electron chi connectivity index (χ2n) is 8.58. The van der Waals surface area contributed by atoms with Crippen molar-refractivity contribution in [2.24, 2.45) is 0 Å². The summed E-state index contributed by atoms with van der Waals surface area (Å²) in [7, 11) is -3.18. The number of nitrogens with one attached hydrogen (secondary N) is 1. The molecule has 2 N–H and O–H groups in total. The zero-order chi connectivity index (χ0) is 23.6. The van der Waals surface area contributed by atoms with Gasteiger partial charge in [0.15, 0.2) is 0 Å². The van der Waals surface area contributed by atoms with Gasteiger partial charge in [0.25, 0.3) is 0 Å². The average molecular weight is 488 g/mol. The lowest BCUT2D eigenvalue weighted by Crippen LogP contribution is -2.48. The van der Waals surface area contributed by atoms with Gasteiger partial charge in [0, 0.05) is 49.4 Å². The fourth-order valence-electron chi connectivity index (χ4n) is 3.56. The van der Waals surface area contributed by atoms with E-state index in [0.717, 1.165) is 44.0 Å². The molecule has 1 amide bonds. The highest BCUT2D eigenvalue weighted by Gasteiger charge is 2.32. The largest absolute Gasteiger partial charge is 0.465 e. The third kappa shape index (κ3) is 10.7. The third-order valence-corrected chi connectivity index (χ3v) is 8.30. The molecule has 0 saturated carbocycles. The summed E-state index contributed by atoms with van der Waals surface area (Å²) in [6.07, 6.45) is -0.257. The highest BCUT2D eigenvalue weighted by Crippen LogP contribution is 2.51. The second-order valence-corrected chi connectivity index (χ2v) is 11.6. The Morgan fingerprint density at radius 2 is 1.62 bits per heavy atom. The lowest BCUT2D eigenvalue weighted by molar-refractivity contribution is 0.108. The van der Waals surface area contributed by atoms with Crippen molar-refractivity contribution in [3.8, 4) is 0 Å². The number of thioether (sulfide) groups is 1. The van der Waals surface area contributed by atoms with Gasteiger partial charge in [-0.1, -0.05) is 18.2 Å². The van der Waals surface area contributed by atoms with E-state index in [1.165, 1.54) is 0 Å². The number of carboxylic acid groups (broad SMARTS) is 1. The first-order valence-electron chi connectivity index (χ1n) is 11.2. The normalized spacial score (nSPS) is 17.1. The van der Waals surface area contributed by atoms with Crippen LogP contribution in [-0.2, 0) is 13.6 Å². The first-order valence-corrected chi connectivity index (χ1v) is 13.9. The fraction of sp³-hybridized carbons (Fsp3) is 0.682. The van der Waals surface area contributed by atoms with Crippen molar-refractivity contribution >= 4 is 25.5 Å². The van der Waals surface area contributed by atoms with Gasteiger partial charge in [-0.25, -0.2) is 4.79 Å². The molecule has 0 aromatic heterocycles. The maximum absolute atomic E-state index is 13.1. The van der Waals surface area contributed by atoms with Crippen LogP contribution in [0.2, 0.25) is 0 Å². The Balaban J connectivity index is 1.79. The molecular weight excluding hydrogens is 449 g/mol. The molecule has 182 valence electrons. The lowest BCUT2D eigenvalue weighted by Gasteiger charge is -2.37. The third-order valence-electron chi connectivity index (χ3n) is 4.90. The molecule has 0 aliphatic carbocycles. The summed E-state index contributed by atoms with van der Waals surface area (Å²) in [6, 6.07) is 9.89. The highest BCUT2D eigenvalue weighted by molar-refractivity contribution is 7.99. The molecule has 1 atom stereocenters. The molecule has 0 radical (unpaired) electrons. The van der Waals surface area contributed by atoms with E-state index < -0.39 is 13.7 Å². The molecule has 1 aliphatic rings. The number of benzene rings is 1. The number of amides is 1. The summed E-state index contributed by atoms with van der Waals surface area (Å²) in [4.78, 5) is 16.8. The monoisotopic (exact) mass is 487 g/mol. The standard InChI is InChI=1S/C22H38N3O5PS/c1-18(2)29-31(28,30-19(3)4)17-25-14-12-24(13-15-25)11-10-20(23-22(26)27)16-32-21-8-6-5-7-9-21/h5-9,18-20,23H,10-17H2,1-4H3,(H,26,27). The zero-order valence-electron chi connectivity index (χ0n) is 19.6. The predicted octanol–water partition coefficient (Wildman–Crippen LogP) is 4.42. The molecule has 1 heterocycles. The van der Waals surface area contributed by atoms with Crippen LogP contribution in [0.1, 0.15) is 34.1 Å². The average Bonchev–Trinajstić information content (AvgIpc) is 2.70. The molecule has 0 bridgehead atoms. The molecule has 10 heteroatoms. The molecule has 8 nitrogen and oxygen atoms in total. The van der Waals surface area contributed by atoms with E-state index >= 15 is 0 Å². The van der Waals surface area contributed by atoms with Crippen molar-refractivity contribution in [2.75, 3.05) is 44.8 Å². The van der Waals surface area contributed by atoms with Gasteiger partial charge < -0.3 is 24.4 Å². The number of hydrogen-bond acceptors (Lipinski definition) is 7. The smallest absolute Gasteiger partial charge is 0.404 e. The summed E-state index contributed by atoms with van der Waals surface area (Å²) in [5.41, 5.74) is 0. The van der Waals surface area contributed by atoms with Gasteiger partial charge in [-0.15, -0.1) is 11.8 Å². The summed E-state index contributed by atoms with van der Waals surface area (Å²) in [6.45, 7) is 11.5. The van der Waals surface area contributed by atoms with Crippen molar-refractivity contribution in [3.63, 3.8) is 0 Å². The number of nitrogens with zero attached hydrogens (tertiary/aromatic N) is 2. The van der Waals surface area contributed by atoms with Crippen LogP contribution in [0.4, 0.5) is 4.79 Å². The molecule has 1 aromatic carbocycles. The molecule has 1 aliphatic heterocycles. The van der Waals surface area contributed by atoms with Gasteiger partial charge in [0.05, 0.1) is 12.2 Å². The minimum absolute atomic E-state index is 0.116. The van der Waals surface area contributed by atoms with E-state index in [9.17, 15) is 14.5 Å². The molecular formula is C22H38N3O5PS. The SMILES string of the molecule is CC(C)OP(=O)(CN1CCN(CCC(CSc2ccccc2)NC(=O)O)CC1)OC(C)C. The Kier molecular flexibility index (Phi) is 11.5. The Morgan fingerprint density at radius 1 is 1.06 bits per heavy atom. The number of rotatable bonds is 13. The summed E-state index contributed by atoms with van der Waals surface area (Å²) < 4.78 is 24.5. The molecule has 1 aromatic rings. The predicted molar refractivity (Wildman–Crippen MR) is 130 cm³/mol. The van der Waals surface area contributed by atoms with Gasteiger partial charge in [-0.05, 0) is 46.2 Å². The van der Waals surface area contributed by atoms with Crippen LogP contribution in [-0.4, -0.2) is 84.0 Å². The minimum atomic E-state index is -3.18. The highest BCUT2D eigenvalue weighted by atomic mass is 32.2. The second kappa shape index (κ2) is 13.6. The van der Waals surface area contributed by atoms with E-state index in [2.05, 4.69) is 15.1 Å². The van der Waals surface area contributed by atoms with Crippen molar-refractivity contribution in [1.82, 2.24) is 15.1 Å².